The van der Waals surface area contributed by atoms with Gasteiger partial charge in [0.05, 0.1) is 6.17 Å². The van der Waals surface area contributed by atoms with E-state index in [-0.39, 0.29) is 0 Å². The van der Waals surface area contributed by atoms with Gasteiger partial charge >= 0.3 is 0 Å². The summed E-state index contributed by atoms with van der Waals surface area (Å²) in [6, 6.07) is 1.40. The smallest absolute Gasteiger partial charge is 0.0765 e. The molecule has 0 aromatic rings. The van der Waals surface area contributed by atoms with E-state index in [2.05, 4.69) is 41.5 Å². The molecule has 2 saturated heterocycles. The second-order valence-electron chi connectivity index (χ2n) is 9.03. The molecule has 6 N–H and O–H groups in total. The van der Waals surface area contributed by atoms with Crippen molar-refractivity contribution in [3.05, 3.63) is 0 Å². The fourth-order valence-electron chi connectivity index (χ4n) is 5.27. The van der Waals surface area contributed by atoms with E-state index in [1.165, 1.54) is 32.2 Å². The van der Waals surface area contributed by atoms with Gasteiger partial charge in [-0.05, 0) is 58.4 Å². The third-order valence-corrected chi connectivity index (χ3v) is 6.71. The maximum atomic E-state index is 6.61. The highest BCUT2D eigenvalue weighted by Crippen LogP contribution is 2.36. The fraction of sp³-hybridized carbons (Fsp3) is 1.00. The largest absolute Gasteiger partial charge is 0.329 e. The predicted octanol–water partition coefficient (Wildman–Crippen LogP) is 0.543. The summed E-state index contributed by atoms with van der Waals surface area (Å²) < 4.78 is 0. The number of nitrogens with two attached hydrogens (primary N) is 2. The Hall–Kier alpha value is -0.240. The highest BCUT2D eigenvalue weighted by atomic mass is 15.6. The summed E-state index contributed by atoms with van der Waals surface area (Å²) in [6.45, 7) is 8.52. The Morgan fingerprint density at radius 3 is 2.76 bits per heavy atom. The van der Waals surface area contributed by atoms with Gasteiger partial charge in [0.2, 0.25) is 0 Å². The van der Waals surface area contributed by atoms with Gasteiger partial charge in [-0.25, -0.2) is 10.4 Å². The van der Waals surface area contributed by atoms with Crippen molar-refractivity contribution in [3.8, 4) is 0 Å². The first-order chi connectivity index (χ1) is 12.0. The zero-order valence-corrected chi connectivity index (χ0v) is 16.5. The van der Waals surface area contributed by atoms with E-state index in [9.17, 15) is 0 Å². The summed E-state index contributed by atoms with van der Waals surface area (Å²) in [5.74, 6) is 2.12. The minimum Gasteiger partial charge on any atom is -0.329 e. The third-order valence-electron chi connectivity index (χ3n) is 6.71. The normalized spacial score (nSPS) is 40.0. The Balaban J connectivity index is 1.55. The molecule has 2 heterocycles. The zero-order chi connectivity index (χ0) is 18.0. The van der Waals surface area contributed by atoms with Crippen LogP contribution in [0.1, 0.15) is 46.0 Å². The topological polar surface area (TPSA) is 82.6 Å². The molecule has 1 saturated carbocycles. The maximum Gasteiger partial charge on any atom is 0.0765 e. The van der Waals surface area contributed by atoms with Crippen molar-refractivity contribution in [2.75, 3.05) is 33.2 Å². The van der Waals surface area contributed by atoms with Gasteiger partial charge in [0.25, 0.3) is 0 Å². The van der Waals surface area contributed by atoms with Crippen LogP contribution in [-0.2, 0) is 0 Å². The average molecular weight is 353 g/mol. The first-order valence-electron chi connectivity index (χ1n) is 10.4. The number of rotatable bonds is 6. The van der Waals surface area contributed by atoms with Gasteiger partial charge in [-0.15, -0.1) is 0 Å². The molecule has 0 amide bonds. The molecule has 0 spiro atoms. The second kappa shape index (κ2) is 8.63. The van der Waals surface area contributed by atoms with Gasteiger partial charge in [0, 0.05) is 50.2 Å². The minimum atomic E-state index is 0.313. The second-order valence-corrected chi connectivity index (χ2v) is 9.03. The van der Waals surface area contributed by atoms with E-state index in [0.717, 1.165) is 37.9 Å². The van der Waals surface area contributed by atoms with E-state index in [0.29, 0.717) is 30.2 Å². The number of nitrogens with zero attached hydrogens (tertiary/aromatic N) is 2. The SMILES string of the molecule is CC(C)N1CC2C(N)CC(C3CCCC(CN(C)CCN)C3)NC2N1. The van der Waals surface area contributed by atoms with Crippen LogP contribution >= 0.6 is 0 Å². The number of nitrogens with one attached hydrogen (secondary N) is 2. The molecule has 3 rings (SSSR count). The highest BCUT2D eigenvalue weighted by molar-refractivity contribution is 5.00. The maximum absolute atomic E-state index is 6.61. The number of hydrogen-bond donors (Lipinski definition) is 4. The third kappa shape index (κ3) is 4.73. The van der Waals surface area contributed by atoms with Gasteiger partial charge in [0.1, 0.15) is 0 Å². The Labute approximate surface area is 154 Å². The predicted molar refractivity (Wildman–Crippen MR) is 104 cm³/mol. The van der Waals surface area contributed by atoms with Crippen molar-refractivity contribution in [1.29, 1.82) is 0 Å². The van der Waals surface area contributed by atoms with Crippen molar-refractivity contribution in [3.63, 3.8) is 0 Å². The van der Waals surface area contributed by atoms with E-state index < -0.39 is 0 Å². The lowest BCUT2D eigenvalue weighted by atomic mass is 9.73. The van der Waals surface area contributed by atoms with Crippen LogP contribution < -0.4 is 22.2 Å². The van der Waals surface area contributed by atoms with Crippen LogP contribution in [0.5, 0.6) is 0 Å². The average Bonchev–Trinajstić information content (AvgIpc) is 3.00. The van der Waals surface area contributed by atoms with Gasteiger partial charge in [-0.2, -0.15) is 0 Å². The van der Waals surface area contributed by atoms with E-state index in [1.807, 2.05) is 0 Å². The van der Waals surface area contributed by atoms with Gasteiger partial charge in [-0.3, -0.25) is 5.32 Å². The Morgan fingerprint density at radius 1 is 1.24 bits per heavy atom. The number of hydrazine groups is 1. The van der Waals surface area contributed by atoms with E-state index in [1.54, 1.807) is 0 Å². The van der Waals surface area contributed by atoms with Gasteiger partial charge < -0.3 is 16.4 Å². The molecule has 6 nitrogen and oxygen atoms in total. The minimum absolute atomic E-state index is 0.313. The van der Waals surface area contributed by atoms with Crippen LogP contribution in [-0.4, -0.2) is 67.4 Å². The lowest BCUT2D eigenvalue weighted by molar-refractivity contribution is 0.116. The molecule has 0 aromatic carbocycles. The summed E-state index contributed by atoms with van der Waals surface area (Å²) in [5, 5.41) is 6.29. The standard InChI is InChI=1S/C19H40N6/c1-13(2)25-12-16-17(21)10-18(22-19(16)23-25)15-6-4-5-14(9-15)11-24(3)8-7-20/h13-19,22-23H,4-12,20-21H2,1-3H3. The summed E-state index contributed by atoms with van der Waals surface area (Å²) in [5.41, 5.74) is 16.0. The molecule has 0 radical (unpaired) electrons. The Bertz CT molecular complexity index is 417. The lowest BCUT2D eigenvalue weighted by Crippen LogP contribution is -2.61. The lowest BCUT2D eigenvalue weighted by Gasteiger charge is -2.43. The van der Waals surface area contributed by atoms with Crippen molar-refractivity contribution in [2.45, 2.75) is 70.2 Å². The van der Waals surface area contributed by atoms with Crippen LogP contribution in [0.15, 0.2) is 0 Å². The monoisotopic (exact) mass is 352 g/mol. The van der Waals surface area contributed by atoms with Crippen LogP contribution in [0, 0.1) is 17.8 Å². The molecule has 6 unspecified atom stereocenters. The molecule has 3 aliphatic rings. The highest BCUT2D eigenvalue weighted by Gasteiger charge is 2.44. The summed E-state index contributed by atoms with van der Waals surface area (Å²) in [7, 11) is 2.21. The molecular formula is C19H40N6. The summed E-state index contributed by atoms with van der Waals surface area (Å²) in [4.78, 5) is 2.40. The molecule has 6 heteroatoms. The van der Waals surface area contributed by atoms with Gasteiger partial charge in [0.15, 0.2) is 0 Å². The molecule has 1 aliphatic carbocycles. The Morgan fingerprint density at radius 2 is 2.04 bits per heavy atom. The number of fused-ring (bicyclic) bond motifs is 1. The van der Waals surface area contributed by atoms with Gasteiger partial charge in [-0.1, -0.05) is 6.42 Å². The van der Waals surface area contributed by atoms with Crippen LogP contribution in [0.2, 0.25) is 0 Å². The van der Waals surface area contributed by atoms with Crippen LogP contribution in [0.25, 0.3) is 0 Å². The first kappa shape index (κ1) is 19.5. The molecule has 6 atom stereocenters. The molecular weight excluding hydrogens is 312 g/mol. The van der Waals surface area contributed by atoms with Crippen LogP contribution in [0.4, 0.5) is 0 Å². The van der Waals surface area contributed by atoms with Crippen molar-refractivity contribution < 1.29 is 0 Å². The Kier molecular flexibility index (Phi) is 6.74. The molecule has 0 aromatic heterocycles. The first-order valence-corrected chi connectivity index (χ1v) is 10.4. The molecule has 25 heavy (non-hydrogen) atoms. The fourth-order valence-corrected chi connectivity index (χ4v) is 5.27. The summed E-state index contributed by atoms with van der Waals surface area (Å²) in [6.07, 6.45) is 6.91. The molecule has 2 aliphatic heterocycles. The molecule has 0 bridgehead atoms. The summed E-state index contributed by atoms with van der Waals surface area (Å²) >= 11 is 0. The number of piperidine rings is 1. The van der Waals surface area contributed by atoms with Crippen LogP contribution in [0.3, 0.4) is 0 Å². The van der Waals surface area contributed by atoms with E-state index >= 15 is 0 Å². The number of likely N-dealkylation sites (N-methyl/N-ethyl adjacent to an activating group) is 1. The van der Waals surface area contributed by atoms with Crippen molar-refractivity contribution >= 4 is 0 Å². The number of hydrogen-bond acceptors (Lipinski definition) is 6. The van der Waals surface area contributed by atoms with Crippen molar-refractivity contribution in [1.82, 2.24) is 20.7 Å². The molecule has 3 fully saturated rings. The molecule has 146 valence electrons. The zero-order valence-electron chi connectivity index (χ0n) is 16.5. The van der Waals surface area contributed by atoms with Crippen molar-refractivity contribution in [2.24, 2.45) is 29.2 Å². The quantitative estimate of drug-likeness (QED) is 0.559. The van der Waals surface area contributed by atoms with E-state index in [4.69, 9.17) is 11.5 Å².